The predicted molar refractivity (Wildman–Crippen MR) is 95.1 cm³/mol. The van der Waals surface area contributed by atoms with Crippen molar-refractivity contribution >= 4 is 0 Å². The lowest BCUT2D eigenvalue weighted by molar-refractivity contribution is -0.137. The molecule has 138 valence electrons. The zero-order valence-electron chi connectivity index (χ0n) is 15.4. The second kappa shape index (κ2) is 9.51. The van der Waals surface area contributed by atoms with Crippen LogP contribution < -0.4 is 0 Å². The van der Waals surface area contributed by atoms with E-state index < -0.39 is 11.7 Å². The minimum absolute atomic E-state index is 0.601. The fourth-order valence-electron chi connectivity index (χ4n) is 2.62. The van der Waals surface area contributed by atoms with Crippen molar-refractivity contribution < 1.29 is 13.2 Å². The highest BCUT2D eigenvalue weighted by molar-refractivity contribution is 5.58. The van der Waals surface area contributed by atoms with Crippen LogP contribution in [0.1, 0.15) is 40.2 Å². The monoisotopic (exact) mass is 353 g/mol. The van der Waals surface area contributed by atoms with Gasteiger partial charge in [-0.25, -0.2) is 9.97 Å². The molecule has 25 heavy (non-hydrogen) atoms. The van der Waals surface area contributed by atoms with Crippen molar-refractivity contribution in [3.05, 3.63) is 48.4 Å². The Morgan fingerprint density at radius 3 is 1.84 bits per heavy atom. The zero-order valence-corrected chi connectivity index (χ0v) is 15.4. The number of aromatic nitrogens is 2. The van der Waals surface area contributed by atoms with Gasteiger partial charge in [-0.1, -0.05) is 19.1 Å². The molecule has 0 bridgehead atoms. The molecule has 2 aromatic rings. The quantitative estimate of drug-likeness (QED) is 0.748. The molecular weight excluding hydrogens is 327 g/mol. The Labute approximate surface area is 147 Å². The van der Waals surface area contributed by atoms with Crippen molar-refractivity contribution in [2.75, 3.05) is 6.54 Å². The molecule has 1 heterocycles. The summed E-state index contributed by atoms with van der Waals surface area (Å²) in [5.74, 6) is 0. The maximum Gasteiger partial charge on any atom is 0.416 e. The van der Waals surface area contributed by atoms with E-state index in [1.807, 2.05) is 0 Å². The first-order valence-corrected chi connectivity index (χ1v) is 8.36. The van der Waals surface area contributed by atoms with Crippen LogP contribution in [0.15, 0.2) is 42.9 Å². The van der Waals surface area contributed by atoms with E-state index in [4.69, 9.17) is 0 Å². The van der Waals surface area contributed by atoms with E-state index in [9.17, 15) is 13.2 Å². The normalized spacial score (nSPS) is 11.6. The molecule has 0 atom stereocenters. The Kier molecular flexibility index (Phi) is 8.03. The van der Waals surface area contributed by atoms with Gasteiger partial charge >= 0.3 is 6.18 Å². The third-order valence-electron chi connectivity index (χ3n) is 3.78. The second-order valence-corrected chi connectivity index (χ2v) is 6.19. The van der Waals surface area contributed by atoms with Crippen molar-refractivity contribution in [1.29, 1.82) is 0 Å². The first-order chi connectivity index (χ1) is 11.7. The van der Waals surface area contributed by atoms with Crippen LogP contribution in [0, 0.1) is 0 Å². The molecule has 0 aliphatic rings. The average molecular weight is 353 g/mol. The number of halogens is 3. The summed E-state index contributed by atoms with van der Waals surface area (Å²) in [5, 5.41) is 0. The third-order valence-corrected chi connectivity index (χ3v) is 3.78. The van der Waals surface area contributed by atoms with Crippen LogP contribution in [-0.2, 0) is 6.18 Å². The lowest BCUT2D eigenvalue weighted by Gasteiger charge is -2.28. The minimum atomic E-state index is -4.30. The highest BCUT2D eigenvalue weighted by Gasteiger charge is 2.29. The van der Waals surface area contributed by atoms with Gasteiger partial charge in [-0.3, -0.25) is 4.90 Å². The van der Waals surface area contributed by atoms with Crippen LogP contribution in [0.25, 0.3) is 11.3 Å². The summed E-state index contributed by atoms with van der Waals surface area (Å²) in [6, 6.07) is 7.89. The third kappa shape index (κ3) is 6.82. The summed E-state index contributed by atoms with van der Waals surface area (Å²) in [6.07, 6.45) is -1.41. The van der Waals surface area contributed by atoms with Crippen molar-refractivity contribution in [1.82, 2.24) is 14.9 Å². The number of rotatable bonds is 4. The number of hydrogen-bond donors (Lipinski definition) is 0. The summed E-state index contributed by atoms with van der Waals surface area (Å²) in [7, 11) is 0. The SMILES string of the molecule is CCN(C(C)C)C(C)C.FC(F)(F)c1ccc(-c2ccncn2)cc1. The zero-order chi connectivity index (χ0) is 19.0. The Balaban J connectivity index is 0.000000299. The largest absolute Gasteiger partial charge is 0.416 e. The van der Waals surface area contributed by atoms with E-state index in [2.05, 4.69) is 49.5 Å². The Morgan fingerprint density at radius 2 is 1.52 bits per heavy atom. The van der Waals surface area contributed by atoms with E-state index in [1.54, 1.807) is 12.3 Å². The summed E-state index contributed by atoms with van der Waals surface area (Å²) in [6.45, 7) is 12.3. The molecule has 0 fully saturated rings. The molecule has 0 saturated heterocycles. The van der Waals surface area contributed by atoms with E-state index in [0.717, 1.165) is 18.7 Å². The Bertz CT molecular complexity index is 600. The van der Waals surface area contributed by atoms with Crippen LogP contribution in [0.4, 0.5) is 13.2 Å². The van der Waals surface area contributed by atoms with Gasteiger partial charge in [0.2, 0.25) is 0 Å². The molecule has 0 N–H and O–H groups in total. The predicted octanol–water partition coefficient (Wildman–Crippen LogP) is 5.29. The number of alkyl halides is 3. The molecule has 0 amide bonds. The van der Waals surface area contributed by atoms with Crippen LogP contribution >= 0.6 is 0 Å². The lowest BCUT2D eigenvalue weighted by Crippen LogP contribution is -2.36. The van der Waals surface area contributed by atoms with Crippen molar-refractivity contribution in [2.24, 2.45) is 0 Å². The molecule has 1 aromatic carbocycles. The van der Waals surface area contributed by atoms with E-state index >= 15 is 0 Å². The van der Waals surface area contributed by atoms with Crippen molar-refractivity contribution in [2.45, 2.75) is 52.9 Å². The van der Waals surface area contributed by atoms with Crippen molar-refractivity contribution in [3.63, 3.8) is 0 Å². The summed E-state index contributed by atoms with van der Waals surface area (Å²) in [5.41, 5.74) is 0.574. The van der Waals surface area contributed by atoms with Crippen LogP contribution in [0.3, 0.4) is 0 Å². The number of nitrogens with zero attached hydrogens (tertiary/aromatic N) is 3. The molecule has 0 unspecified atom stereocenters. The Morgan fingerprint density at radius 1 is 0.960 bits per heavy atom. The molecule has 0 saturated carbocycles. The highest BCUT2D eigenvalue weighted by Crippen LogP contribution is 2.30. The maximum absolute atomic E-state index is 12.3. The molecule has 1 aromatic heterocycles. The molecule has 2 rings (SSSR count). The molecule has 0 radical (unpaired) electrons. The van der Waals surface area contributed by atoms with Crippen LogP contribution in [-0.4, -0.2) is 33.5 Å². The molecule has 0 aliphatic carbocycles. The highest BCUT2D eigenvalue weighted by atomic mass is 19.4. The van der Waals surface area contributed by atoms with Gasteiger partial charge in [0.05, 0.1) is 11.3 Å². The smallest absolute Gasteiger partial charge is 0.299 e. The summed E-state index contributed by atoms with van der Waals surface area (Å²) < 4.78 is 36.9. The molecule has 0 aliphatic heterocycles. The first kappa shape index (κ1) is 21.1. The molecule has 6 heteroatoms. The van der Waals surface area contributed by atoms with Gasteiger partial charge in [-0.05, 0) is 52.4 Å². The van der Waals surface area contributed by atoms with Gasteiger partial charge in [-0.2, -0.15) is 13.2 Å². The fourth-order valence-corrected chi connectivity index (χ4v) is 2.62. The maximum atomic E-state index is 12.3. The Hall–Kier alpha value is -1.95. The van der Waals surface area contributed by atoms with E-state index in [-0.39, 0.29) is 0 Å². The molecule has 3 nitrogen and oxygen atoms in total. The van der Waals surface area contributed by atoms with Gasteiger partial charge in [0.15, 0.2) is 0 Å². The van der Waals surface area contributed by atoms with Crippen molar-refractivity contribution in [3.8, 4) is 11.3 Å². The van der Waals surface area contributed by atoms with Crippen LogP contribution in [0.5, 0.6) is 0 Å². The number of benzene rings is 1. The topological polar surface area (TPSA) is 29.0 Å². The average Bonchev–Trinajstić information content (AvgIpc) is 2.55. The minimum Gasteiger partial charge on any atom is -0.299 e. The number of hydrogen-bond acceptors (Lipinski definition) is 3. The van der Waals surface area contributed by atoms with Gasteiger partial charge < -0.3 is 0 Å². The summed E-state index contributed by atoms with van der Waals surface area (Å²) >= 11 is 0. The molecular formula is C19H26F3N3. The molecule has 0 spiro atoms. The lowest BCUT2D eigenvalue weighted by atomic mass is 10.1. The van der Waals surface area contributed by atoms with Crippen LogP contribution in [0.2, 0.25) is 0 Å². The van der Waals surface area contributed by atoms with E-state index in [1.165, 1.54) is 18.5 Å². The fraction of sp³-hybridized carbons (Fsp3) is 0.474. The van der Waals surface area contributed by atoms with Gasteiger partial charge in [0.25, 0.3) is 0 Å². The standard InChI is InChI=1S/C11H7F3N2.C8H19N/c12-11(13,14)9-3-1-8(2-4-9)10-5-6-15-7-16-10;1-6-9(7(2)3)8(4)5/h1-7H;7-8H,6H2,1-5H3. The second-order valence-electron chi connectivity index (χ2n) is 6.19. The van der Waals surface area contributed by atoms with Gasteiger partial charge in [0.1, 0.15) is 6.33 Å². The summed E-state index contributed by atoms with van der Waals surface area (Å²) in [4.78, 5) is 10.1. The first-order valence-electron chi connectivity index (χ1n) is 8.36. The van der Waals surface area contributed by atoms with Gasteiger partial charge in [-0.15, -0.1) is 0 Å². The van der Waals surface area contributed by atoms with Gasteiger partial charge in [0, 0.05) is 23.8 Å². The van der Waals surface area contributed by atoms with E-state index in [0.29, 0.717) is 23.3 Å².